The van der Waals surface area contributed by atoms with Crippen LogP contribution in [0, 0.1) is 12.7 Å². The van der Waals surface area contributed by atoms with Crippen LogP contribution in [-0.4, -0.2) is 15.2 Å². The Morgan fingerprint density at radius 1 is 1.45 bits per heavy atom. The zero-order valence-corrected chi connectivity index (χ0v) is 5.93. The van der Waals surface area contributed by atoms with Gasteiger partial charge in [-0.05, 0) is 6.92 Å². The predicted octanol–water partition coefficient (Wildman–Crippen LogP) is 1.41. The molecule has 2 heterocycles. The Labute approximate surface area is 62.3 Å². The molecule has 0 fully saturated rings. The quantitative estimate of drug-likeness (QED) is 0.618. The van der Waals surface area contributed by atoms with E-state index in [2.05, 4.69) is 15.2 Å². The zero-order valence-electron chi connectivity index (χ0n) is 5.93. The SMILES string of the molecule is Cc1ncc2[nH]ncc2c1F. The van der Waals surface area contributed by atoms with Crippen molar-refractivity contribution in [1.29, 1.82) is 0 Å². The molecule has 2 rings (SSSR count). The number of halogens is 1. The molecule has 56 valence electrons. The lowest BCUT2D eigenvalue weighted by Gasteiger charge is -1.93. The highest BCUT2D eigenvalue weighted by Gasteiger charge is 2.05. The standard InChI is InChI=1S/C7H6FN3/c1-4-7(8)5-2-10-11-6(5)3-9-4/h2-3H,1H3,(H,10,11). The summed E-state index contributed by atoms with van der Waals surface area (Å²) in [6.45, 7) is 1.63. The van der Waals surface area contributed by atoms with Crippen LogP contribution in [0.4, 0.5) is 4.39 Å². The van der Waals surface area contributed by atoms with Gasteiger partial charge >= 0.3 is 0 Å². The molecule has 0 aliphatic rings. The molecule has 2 aromatic heterocycles. The van der Waals surface area contributed by atoms with Crippen molar-refractivity contribution in [3.63, 3.8) is 0 Å². The molecule has 0 amide bonds. The summed E-state index contributed by atoms with van der Waals surface area (Å²) in [7, 11) is 0. The van der Waals surface area contributed by atoms with Gasteiger partial charge in [-0.2, -0.15) is 5.10 Å². The fourth-order valence-corrected chi connectivity index (χ4v) is 0.982. The first-order valence-corrected chi connectivity index (χ1v) is 3.23. The predicted molar refractivity (Wildman–Crippen MR) is 38.6 cm³/mol. The Balaban J connectivity index is 2.93. The minimum atomic E-state index is -0.295. The van der Waals surface area contributed by atoms with Crippen molar-refractivity contribution in [2.24, 2.45) is 0 Å². The van der Waals surface area contributed by atoms with E-state index in [0.717, 1.165) is 0 Å². The summed E-state index contributed by atoms with van der Waals surface area (Å²) in [6.07, 6.45) is 3.03. The van der Waals surface area contributed by atoms with Crippen molar-refractivity contribution in [3.8, 4) is 0 Å². The molecule has 0 radical (unpaired) electrons. The Morgan fingerprint density at radius 2 is 2.27 bits per heavy atom. The summed E-state index contributed by atoms with van der Waals surface area (Å²) in [5.74, 6) is -0.295. The highest BCUT2D eigenvalue weighted by molar-refractivity contribution is 5.77. The van der Waals surface area contributed by atoms with Crippen LogP contribution >= 0.6 is 0 Å². The number of hydrogen-bond acceptors (Lipinski definition) is 2. The second-order valence-corrected chi connectivity index (χ2v) is 2.35. The third kappa shape index (κ3) is 0.790. The first-order valence-electron chi connectivity index (χ1n) is 3.23. The fraction of sp³-hybridized carbons (Fsp3) is 0.143. The van der Waals surface area contributed by atoms with Gasteiger partial charge in [0.05, 0.1) is 29.0 Å². The van der Waals surface area contributed by atoms with E-state index < -0.39 is 0 Å². The van der Waals surface area contributed by atoms with Gasteiger partial charge in [0.25, 0.3) is 0 Å². The fourth-order valence-electron chi connectivity index (χ4n) is 0.982. The lowest BCUT2D eigenvalue weighted by atomic mass is 10.3. The maximum absolute atomic E-state index is 13.1. The smallest absolute Gasteiger partial charge is 0.155 e. The van der Waals surface area contributed by atoms with Crippen LogP contribution in [-0.2, 0) is 0 Å². The van der Waals surface area contributed by atoms with Crippen molar-refractivity contribution in [2.75, 3.05) is 0 Å². The zero-order chi connectivity index (χ0) is 7.84. The van der Waals surface area contributed by atoms with E-state index >= 15 is 0 Å². The van der Waals surface area contributed by atoms with E-state index in [9.17, 15) is 4.39 Å². The number of H-pyrrole nitrogens is 1. The van der Waals surface area contributed by atoms with Gasteiger partial charge in [0, 0.05) is 0 Å². The molecular weight excluding hydrogens is 145 g/mol. The minimum Gasteiger partial charge on any atom is -0.276 e. The van der Waals surface area contributed by atoms with E-state index in [1.807, 2.05) is 0 Å². The molecule has 0 aromatic carbocycles. The number of aromatic nitrogens is 3. The first kappa shape index (κ1) is 6.27. The molecule has 0 bridgehead atoms. The number of pyridine rings is 1. The third-order valence-corrected chi connectivity index (χ3v) is 1.61. The lowest BCUT2D eigenvalue weighted by Crippen LogP contribution is -1.86. The summed E-state index contributed by atoms with van der Waals surface area (Å²) < 4.78 is 13.1. The number of aromatic amines is 1. The molecule has 0 aliphatic carbocycles. The molecule has 4 heteroatoms. The molecule has 0 saturated carbocycles. The van der Waals surface area contributed by atoms with E-state index in [-0.39, 0.29) is 5.82 Å². The van der Waals surface area contributed by atoms with E-state index in [1.54, 1.807) is 13.1 Å². The van der Waals surface area contributed by atoms with E-state index in [0.29, 0.717) is 16.6 Å². The van der Waals surface area contributed by atoms with Gasteiger partial charge in [0.2, 0.25) is 0 Å². The molecule has 0 spiro atoms. The summed E-state index contributed by atoms with van der Waals surface area (Å²) >= 11 is 0. The number of nitrogens with one attached hydrogen (secondary N) is 1. The third-order valence-electron chi connectivity index (χ3n) is 1.61. The average Bonchev–Trinajstić information content (AvgIpc) is 2.45. The maximum Gasteiger partial charge on any atom is 0.155 e. The number of hydrogen-bond donors (Lipinski definition) is 1. The molecule has 3 nitrogen and oxygen atoms in total. The molecular formula is C7H6FN3. The van der Waals surface area contributed by atoms with Crippen molar-refractivity contribution >= 4 is 10.9 Å². The Kier molecular flexibility index (Phi) is 1.15. The molecule has 0 aliphatic heterocycles. The van der Waals surface area contributed by atoms with Gasteiger partial charge in [0.15, 0.2) is 5.82 Å². The van der Waals surface area contributed by atoms with Crippen molar-refractivity contribution in [3.05, 3.63) is 23.9 Å². The summed E-state index contributed by atoms with van der Waals surface area (Å²) in [4.78, 5) is 3.83. The number of fused-ring (bicyclic) bond motifs is 1. The van der Waals surface area contributed by atoms with Gasteiger partial charge in [-0.3, -0.25) is 10.1 Å². The molecule has 0 atom stereocenters. The summed E-state index contributed by atoms with van der Waals surface area (Å²) in [5, 5.41) is 6.83. The number of nitrogens with zero attached hydrogens (tertiary/aromatic N) is 2. The van der Waals surface area contributed by atoms with E-state index in [1.165, 1.54) is 6.20 Å². The summed E-state index contributed by atoms with van der Waals surface area (Å²) in [6, 6.07) is 0. The molecule has 0 unspecified atom stereocenters. The van der Waals surface area contributed by atoms with Crippen LogP contribution < -0.4 is 0 Å². The van der Waals surface area contributed by atoms with Crippen LogP contribution in [0.3, 0.4) is 0 Å². The Morgan fingerprint density at radius 3 is 3.09 bits per heavy atom. The van der Waals surface area contributed by atoms with Crippen molar-refractivity contribution in [2.45, 2.75) is 6.92 Å². The molecule has 1 N–H and O–H groups in total. The van der Waals surface area contributed by atoms with Gasteiger partial charge in [0.1, 0.15) is 0 Å². The second kappa shape index (κ2) is 2.02. The Bertz CT molecular complexity index is 393. The largest absolute Gasteiger partial charge is 0.276 e. The van der Waals surface area contributed by atoms with Crippen LogP contribution in [0.5, 0.6) is 0 Å². The van der Waals surface area contributed by atoms with Crippen LogP contribution in [0.25, 0.3) is 10.9 Å². The normalized spacial score (nSPS) is 10.7. The first-order chi connectivity index (χ1) is 5.29. The molecule has 0 saturated heterocycles. The minimum absolute atomic E-state index is 0.295. The van der Waals surface area contributed by atoms with E-state index in [4.69, 9.17) is 0 Å². The Hall–Kier alpha value is -1.45. The second-order valence-electron chi connectivity index (χ2n) is 2.35. The topological polar surface area (TPSA) is 41.6 Å². The molecule has 2 aromatic rings. The van der Waals surface area contributed by atoms with Crippen LogP contribution in [0.2, 0.25) is 0 Å². The number of aryl methyl sites for hydroxylation is 1. The van der Waals surface area contributed by atoms with Crippen LogP contribution in [0.1, 0.15) is 5.69 Å². The summed E-state index contributed by atoms with van der Waals surface area (Å²) in [5.41, 5.74) is 1.03. The average molecular weight is 151 g/mol. The monoisotopic (exact) mass is 151 g/mol. The molecule has 11 heavy (non-hydrogen) atoms. The van der Waals surface area contributed by atoms with Crippen molar-refractivity contribution < 1.29 is 4.39 Å². The highest BCUT2D eigenvalue weighted by atomic mass is 19.1. The lowest BCUT2D eigenvalue weighted by molar-refractivity contribution is 0.622. The van der Waals surface area contributed by atoms with Gasteiger partial charge in [-0.25, -0.2) is 4.39 Å². The maximum atomic E-state index is 13.1. The number of rotatable bonds is 0. The van der Waals surface area contributed by atoms with Gasteiger partial charge < -0.3 is 0 Å². The van der Waals surface area contributed by atoms with Gasteiger partial charge in [-0.1, -0.05) is 0 Å². The highest BCUT2D eigenvalue weighted by Crippen LogP contribution is 2.15. The van der Waals surface area contributed by atoms with Crippen LogP contribution in [0.15, 0.2) is 12.4 Å². The van der Waals surface area contributed by atoms with Gasteiger partial charge in [-0.15, -0.1) is 0 Å². The van der Waals surface area contributed by atoms with Crippen molar-refractivity contribution in [1.82, 2.24) is 15.2 Å².